The Kier molecular flexibility index (Phi) is 5.86. The monoisotopic (exact) mass is 654 g/mol. The first kappa shape index (κ1) is 27.9. The molecule has 51 heavy (non-hydrogen) atoms. The lowest BCUT2D eigenvalue weighted by Crippen LogP contribution is -2.06. The minimum atomic E-state index is 0.538. The molecule has 7 aromatic carbocycles. The molecule has 0 aliphatic heterocycles. The van der Waals surface area contributed by atoms with E-state index in [-0.39, 0.29) is 0 Å². The molecule has 0 fully saturated rings. The molecule has 11 aromatic rings. The van der Waals surface area contributed by atoms with Crippen LogP contribution in [0.2, 0.25) is 0 Å². The maximum atomic E-state index is 6.29. The van der Waals surface area contributed by atoms with Gasteiger partial charge in [0.15, 0.2) is 11.6 Å². The van der Waals surface area contributed by atoms with Crippen LogP contribution in [0.1, 0.15) is 0 Å². The summed E-state index contributed by atoms with van der Waals surface area (Å²) < 4.78 is 14.6. The summed E-state index contributed by atoms with van der Waals surface area (Å²) in [6, 6.07) is 54.0. The largest absolute Gasteiger partial charge is 0.456 e. The van der Waals surface area contributed by atoms with Gasteiger partial charge >= 0.3 is 0 Å². The van der Waals surface area contributed by atoms with Crippen LogP contribution in [0.25, 0.3) is 106 Å². The lowest BCUT2D eigenvalue weighted by atomic mass is 10.0. The number of benzene rings is 7. The molecule has 0 N–H and O–H groups in total. The van der Waals surface area contributed by atoms with Gasteiger partial charge in [-0.15, -0.1) is 0 Å². The van der Waals surface area contributed by atoms with Crippen molar-refractivity contribution in [1.82, 2.24) is 19.5 Å². The molecule has 0 aliphatic carbocycles. The summed E-state index contributed by atoms with van der Waals surface area (Å²) in [6.07, 6.45) is 0. The highest BCUT2D eigenvalue weighted by Crippen LogP contribution is 2.39. The van der Waals surface area contributed by atoms with Crippen molar-refractivity contribution in [1.29, 1.82) is 0 Å². The molecule has 0 bridgehead atoms. The lowest BCUT2D eigenvalue weighted by molar-refractivity contribution is 0.668. The van der Waals surface area contributed by atoms with Crippen LogP contribution in [-0.4, -0.2) is 19.5 Å². The first-order chi connectivity index (χ1) is 25.3. The van der Waals surface area contributed by atoms with Gasteiger partial charge in [0.25, 0.3) is 0 Å². The molecule has 4 heterocycles. The van der Waals surface area contributed by atoms with Crippen molar-refractivity contribution in [2.75, 3.05) is 0 Å². The summed E-state index contributed by atoms with van der Waals surface area (Å²) in [4.78, 5) is 15.7. The van der Waals surface area contributed by atoms with Crippen molar-refractivity contribution >= 4 is 65.7 Å². The maximum Gasteiger partial charge on any atom is 0.238 e. The lowest BCUT2D eigenvalue weighted by Gasteiger charge is -2.12. The van der Waals surface area contributed by atoms with Crippen LogP contribution in [0.5, 0.6) is 0 Å². The number of hydrogen-bond acceptors (Lipinski definition) is 5. The number of para-hydroxylation sites is 3. The van der Waals surface area contributed by atoms with Crippen LogP contribution in [0.4, 0.5) is 0 Å². The van der Waals surface area contributed by atoms with E-state index < -0.39 is 0 Å². The maximum absolute atomic E-state index is 6.29. The van der Waals surface area contributed by atoms with Crippen LogP contribution in [-0.2, 0) is 0 Å². The fraction of sp³-hybridized carbons (Fsp3) is 0. The summed E-state index contributed by atoms with van der Waals surface area (Å²) in [5.41, 5.74) is 9.38. The fourth-order valence-electron chi connectivity index (χ4n) is 7.54. The molecule has 0 amide bonds. The summed E-state index contributed by atoms with van der Waals surface area (Å²) in [5.74, 6) is 1.67. The van der Waals surface area contributed by atoms with E-state index in [4.69, 9.17) is 23.8 Å². The van der Waals surface area contributed by atoms with Crippen molar-refractivity contribution in [3.05, 3.63) is 158 Å². The number of fused-ring (bicyclic) bond motifs is 9. The molecule has 0 saturated heterocycles. The third-order valence-corrected chi connectivity index (χ3v) is 9.88. The van der Waals surface area contributed by atoms with E-state index in [9.17, 15) is 0 Å². The van der Waals surface area contributed by atoms with Crippen molar-refractivity contribution in [2.45, 2.75) is 0 Å². The molecule has 6 heteroatoms. The van der Waals surface area contributed by atoms with Gasteiger partial charge in [-0.1, -0.05) is 103 Å². The Labute approximate surface area is 290 Å². The highest BCUT2D eigenvalue weighted by atomic mass is 16.3. The van der Waals surface area contributed by atoms with E-state index in [0.29, 0.717) is 17.6 Å². The Bertz CT molecular complexity index is 3150. The summed E-state index contributed by atoms with van der Waals surface area (Å²) in [7, 11) is 0. The zero-order valence-electron chi connectivity index (χ0n) is 27.1. The second kappa shape index (κ2) is 10.7. The molecular formula is C45H26N4O2. The van der Waals surface area contributed by atoms with Crippen LogP contribution >= 0.6 is 0 Å². The fourth-order valence-corrected chi connectivity index (χ4v) is 7.54. The van der Waals surface area contributed by atoms with Gasteiger partial charge in [-0.3, -0.25) is 4.57 Å². The Balaban J connectivity index is 1.21. The van der Waals surface area contributed by atoms with Gasteiger partial charge < -0.3 is 8.83 Å². The Morgan fingerprint density at radius 2 is 1.00 bits per heavy atom. The normalized spacial score (nSPS) is 11.9. The molecule has 0 radical (unpaired) electrons. The van der Waals surface area contributed by atoms with E-state index in [1.54, 1.807) is 0 Å². The van der Waals surface area contributed by atoms with Gasteiger partial charge in [0.05, 0.1) is 11.0 Å². The number of hydrogen-bond donors (Lipinski definition) is 0. The predicted octanol–water partition coefficient (Wildman–Crippen LogP) is 11.8. The van der Waals surface area contributed by atoms with Gasteiger partial charge in [-0.25, -0.2) is 4.98 Å². The average Bonchev–Trinajstić information content (AvgIpc) is 3.87. The first-order valence-corrected chi connectivity index (χ1v) is 16.9. The van der Waals surface area contributed by atoms with Gasteiger partial charge in [0.1, 0.15) is 22.3 Å². The standard InChI is InChI=1S/C45H26N4O2/c1-2-11-27(12-3-1)28-21-23-37-34(25-28)30-13-4-7-17-36(30)49(37)45-47-43(29-22-24-40-35(26-29)31-14-5-8-18-38(31)50-40)46-44(48-45)33-16-10-20-41-42(33)32-15-6-9-19-39(32)51-41/h1-26H. The second-order valence-corrected chi connectivity index (χ2v) is 12.8. The second-order valence-electron chi connectivity index (χ2n) is 12.8. The van der Waals surface area contributed by atoms with E-state index in [1.165, 1.54) is 5.56 Å². The van der Waals surface area contributed by atoms with Crippen LogP contribution < -0.4 is 0 Å². The molecule has 6 nitrogen and oxygen atoms in total. The highest BCUT2D eigenvalue weighted by Gasteiger charge is 2.21. The molecule has 0 atom stereocenters. The number of nitrogens with zero attached hydrogens (tertiary/aromatic N) is 4. The van der Waals surface area contributed by atoms with Crippen molar-refractivity contribution in [3.63, 3.8) is 0 Å². The zero-order chi connectivity index (χ0) is 33.5. The number of rotatable bonds is 4. The van der Waals surface area contributed by atoms with E-state index >= 15 is 0 Å². The van der Waals surface area contributed by atoms with E-state index in [0.717, 1.165) is 82.4 Å². The SMILES string of the molecule is c1ccc(-c2ccc3c(c2)c2ccccc2n3-c2nc(-c3ccc4oc5ccccc5c4c3)nc(-c3cccc4oc5ccccc5c34)n2)cc1. The average molecular weight is 655 g/mol. The molecule has 0 spiro atoms. The van der Waals surface area contributed by atoms with Gasteiger partial charge in [0, 0.05) is 43.4 Å². The molecule has 0 aliphatic rings. The van der Waals surface area contributed by atoms with Gasteiger partial charge in [0.2, 0.25) is 5.95 Å². The number of furan rings is 2. The summed E-state index contributed by atoms with van der Waals surface area (Å²) in [5, 5.41) is 6.31. The molecule has 238 valence electrons. The first-order valence-electron chi connectivity index (χ1n) is 16.9. The van der Waals surface area contributed by atoms with Crippen LogP contribution in [0.15, 0.2) is 167 Å². The zero-order valence-corrected chi connectivity index (χ0v) is 27.1. The van der Waals surface area contributed by atoms with Crippen molar-refractivity contribution in [3.8, 4) is 39.9 Å². The van der Waals surface area contributed by atoms with Crippen molar-refractivity contribution < 1.29 is 8.83 Å². The van der Waals surface area contributed by atoms with Gasteiger partial charge in [-0.2, -0.15) is 9.97 Å². The van der Waals surface area contributed by atoms with Crippen LogP contribution in [0, 0.1) is 0 Å². The molecular weight excluding hydrogens is 629 g/mol. The molecule has 11 rings (SSSR count). The van der Waals surface area contributed by atoms with E-state index in [2.05, 4.69) is 95.6 Å². The third kappa shape index (κ3) is 4.26. The predicted molar refractivity (Wildman–Crippen MR) is 205 cm³/mol. The quantitative estimate of drug-likeness (QED) is 0.189. The molecule has 0 saturated carbocycles. The third-order valence-electron chi connectivity index (χ3n) is 9.88. The van der Waals surface area contributed by atoms with E-state index in [1.807, 2.05) is 66.7 Å². The minimum Gasteiger partial charge on any atom is -0.456 e. The Hall–Kier alpha value is -7.05. The molecule has 0 unspecified atom stereocenters. The smallest absolute Gasteiger partial charge is 0.238 e. The topological polar surface area (TPSA) is 69.9 Å². The summed E-state index contributed by atoms with van der Waals surface area (Å²) in [6.45, 7) is 0. The van der Waals surface area contributed by atoms with Crippen molar-refractivity contribution in [2.24, 2.45) is 0 Å². The number of aromatic nitrogens is 4. The van der Waals surface area contributed by atoms with Crippen LogP contribution in [0.3, 0.4) is 0 Å². The Morgan fingerprint density at radius 1 is 0.373 bits per heavy atom. The summed E-state index contributed by atoms with van der Waals surface area (Å²) >= 11 is 0. The minimum absolute atomic E-state index is 0.538. The molecule has 4 aromatic heterocycles. The highest BCUT2D eigenvalue weighted by molar-refractivity contribution is 6.13. The Morgan fingerprint density at radius 3 is 1.88 bits per heavy atom. The van der Waals surface area contributed by atoms with Gasteiger partial charge in [-0.05, 0) is 65.7 Å².